The molecular formula is C6H10N2O2S2. The second-order valence-electron chi connectivity index (χ2n) is 1.86. The minimum absolute atomic E-state index is 0.148. The summed E-state index contributed by atoms with van der Waals surface area (Å²) in [4.78, 5) is 0.148. The molecule has 0 aliphatic carbocycles. The lowest BCUT2D eigenvalue weighted by molar-refractivity contribution is 0.598. The van der Waals surface area contributed by atoms with Gasteiger partial charge in [0.25, 0.3) is 0 Å². The molecule has 0 bridgehead atoms. The quantitative estimate of drug-likeness (QED) is 0.571. The van der Waals surface area contributed by atoms with Crippen molar-refractivity contribution in [1.29, 1.82) is 0 Å². The van der Waals surface area contributed by atoms with E-state index in [2.05, 4.69) is 18.0 Å². The molecule has 0 saturated heterocycles. The Bertz CT molecular complexity index is 310. The van der Waals surface area contributed by atoms with Gasteiger partial charge in [0.1, 0.15) is 0 Å². The van der Waals surface area contributed by atoms with E-state index in [1.807, 2.05) is 0 Å². The standard InChI is InChI=1S/C6H7NO2S.H3NS/c7-10(8,9)6-4-2-1-3-5-6;1-2/h1-5H,(H2,7,8,9);2H,1H2. The number of benzene rings is 1. The fourth-order valence-electron chi connectivity index (χ4n) is 0.610. The van der Waals surface area contributed by atoms with Crippen LogP contribution in [-0.2, 0) is 10.0 Å². The van der Waals surface area contributed by atoms with Crippen molar-refractivity contribution in [2.24, 2.45) is 10.3 Å². The number of sulfonamides is 1. The molecule has 0 aliphatic heterocycles. The maximum Gasteiger partial charge on any atom is 0.238 e. The fraction of sp³-hybridized carbons (Fsp3) is 0. The molecule has 12 heavy (non-hydrogen) atoms. The van der Waals surface area contributed by atoms with Crippen molar-refractivity contribution in [2.45, 2.75) is 4.90 Å². The van der Waals surface area contributed by atoms with E-state index < -0.39 is 10.0 Å². The lowest BCUT2D eigenvalue weighted by Gasteiger charge is -1.93. The second kappa shape index (κ2) is 5.15. The Morgan fingerprint density at radius 3 is 1.75 bits per heavy atom. The van der Waals surface area contributed by atoms with Gasteiger partial charge in [-0.25, -0.2) is 13.6 Å². The van der Waals surface area contributed by atoms with E-state index in [9.17, 15) is 8.42 Å². The molecule has 6 heteroatoms. The zero-order valence-corrected chi connectivity index (χ0v) is 7.92. The largest absolute Gasteiger partial charge is 0.281 e. The summed E-state index contributed by atoms with van der Waals surface area (Å²) in [6.07, 6.45) is 0. The summed E-state index contributed by atoms with van der Waals surface area (Å²) in [6, 6.07) is 7.89. The number of thiol groups is 1. The van der Waals surface area contributed by atoms with Crippen molar-refractivity contribution >= 4 is 22.8 Å². The molecule has 1 aromatic rings. The van der Waals surface area contributed by atoms with Crippen molar-refractivity contribution in [3.63, 3.8) is 0 Å². The van der Waals surface area contributed by atoms with E-state index in [1.54, 1.807) is 18.2 Å². The smallest absolute Gasteiger partial charge is 0.238 e. The Kier molecular flexibility index (Phi) is 4.91. The number of hydrogen-bond acceptors (Lipinski definition) is 4. The first-order valence-corrected chi connectivity index (χ1v) is 5.00. The lowest BCUT2D eigenvalue weighted by Crippen LogP contribution is -2.11. The summed E-state index contributed by atoms with van der Waals surface area (Å²) in [7, 11) is -3.50. The molecule has 0 heterocycles. The van der Waals surface area contributed by atoms with Gasteiger partial charge >= 0.3 is 0 Å². The van der Waals surface area contributed by atoms with Crippen molar-refractivity contribution in [2.75, 3.05) is 0 Å². The molecule has 0 aromatic heterocycles. The molecule has 1 rings (SSSR count). The maximum absolute atomic E-state index is 10.6. The molecule has 0 unspecified atom stereocenters. The molecular weight excluding hydrogens is 196 g/mol. The molecule has 0 fully saturated rings. The Morgan fingerprint density at radius 1 is 1.08 bits per heavy atom. The Balaban J connectivity index is 0.000000561. The van der Waals surface area contributed by atoms with E-state index in [-0.39, 0.29) is 4.90 Å². The van der Waals surface area contributed by atoms with Gasteiger partial charge in [0.15, 0.2) is 0 Å². The molecule has 0 amide bonds. The predicted molar refractivity (Wildman–Crippen MR) is 51.0 cm³/mol. The zero-order chi connectivity index (χ0) is 9.61. The highest BCUT2D eigenvalue weighted by Crippen LogP contribution is 2.02. The highest BCUT2D eigenvalue weighted by molar-refractivity contribution is 7.89. The summed E-state index contributed by atoms with van der Waals surface area (Å²) >= 11 is 3.03. The number of nitrogens with two attached hydrogens (primary N) is 2. The van der Waals surface area contributed by atoms with Crippen molar-refractivity contribution in [1.82, 2.24) is 0 Å². The first-order chi connectivity index (χ1) is 5.61. The Hall–Kier alpha value is -0.560. The second-order valence-corrected chi connectivity index (χ2v) is 3.42. The van der Waals surface area contributed by atoms with Crippen molar-refractivity contribution in [3.05, 3.63) is 30.3 Å². The van der Waals surface area contributed by atoms with Crippen LogP contribution in [0.25, 0.3) is 0 Å². The van der Waals surface area contributed by atoms with Gasteiger partial charge in [0.05, 0.1) is 4.90 Å². The van der Waals surface area contributed by atoms with Gasteiger partial charge in [-0.05, 0) is 12.1 Å². The van der Waals surface area contributed by atoms with Crippen LogP contribution >= 0.6 is 12.8 Å². The molecule has 4 nitrogen and oxygen atoms in total. The van der Waals surface area contributed by atoms with Gasteiger partial charge in [0, 0.05) is 0 Å². The van der Waals surface area contributed by atoms with Gasteiger partial charge in [0.2, 0.25) is 10.0 Å². The highest BCUT2D eigenvalue weighted by Gasteiger charge is 2.03. The van der Waals surface area contributed by atoms with E-state index in [0.717, 1.165) is 0 Å². The molecule has 0 saturated carbocycles. The summed E-state index contributed by atoms with van der Waals surface area (Å²) in [6.45, 7) is 0. The van der Waals surface area contributed by atoms with Gasteiger partial charge in [-0.1, -0.05) is 18.2 Å². The SMILES string of the molecule is NS.NS(=O)(=O)c1ccccc1. The van der Waals surface area contributed by atoms with Crippen LogP contribution in [0, 0.1) is 0 Å². The Labute approximate surface area is 77.2 Å². The lowest BCUT2D eigenvalue weighted by atomic mass is 10.4. The predicted octanol–water partition coefficient (Wildman–Crippen LogP) is 0.124. The van der Waals surface area contributed by atoms with Crippen LogP contribution in [0.4, 0.5) is 0 Å². The van der Waals surface area contributed by atoms with Crippen LogP contribution in [0.5, 0.6) is 0 Å². The van der Waals surface area contributed by atoms with Crippen molar-refractivity contribution < 1.29 is 8.42 Å². The van der Waals surface area contributed by atoms with Crippen LogP contribution in [0.2, 0.25) is 0 Å². The van der Waals surface area contributed by atoms with Gasteiger partial charge in [-0.2, -0.15) is 0 Å². The van der Waals surface area contributed by atoms with E-state index >= 15 is 0 Å². The third-order valence-corrected chi connectivity index (χ3v) is 2.00. The van der Waals surface area contributed by atoms with Crippen LogP contribution in [0.15, 0.2) is 35.2 Å². The monoisotopic (exact) mass is 206 g/mol. The maximum atomic E-state index is 10.6. The third-order valence-electron chi connectivity index (χ3n) is 1.07. The van der Waals surface area contributed by atoms with E-state index in [1.165, 1.54) is 12.1 Å². The summed E-state index contributed by atoms with van der Waals surface area (Å²) < 4.78 is 21.2. The number of primary sulfonamides is 1. The highest BCUT2D eigenvalue weighted by atomic mass is 32.2. The summed E-state index contributed by atoms with van der Waals surface area (Å²) in [5.41, 5.74) is 0. The van der Waals surface area contributed by atoms with Gasteiger partial charge in [-0.15, -0.1) is 12.8 Å². The molecule has 0 radical (unpaired) electrons. The minimum atomic E-state index is -3.50. The van der Waals surface area contributed by atoms with E-state index in [0.29, 0.717) is 0 Å². The average molecular weight is 206 g/mol. The number of hydrogen-bond donors (Lipinski definition) is 3. The third kappa shape index (κ3) is 3.72. The van der Waals surface area contributed by atoms with Crippen LogP contribution in [0.1, 0.15) is 0 Å². The zero-order valence-electron chi connectivity index (χ0n) is 6.21. The molecule has 0 spiro atoms. The minimum Gasteiger partial charge on any atom is -0.281 e. The van der Waals surface area contributed by atoms with Gasteiger partial charge < -0.3 is 0 Å². The van der Waals surface area contributed by atoms with E-state index in [4.69, 9.17) is 5.14 Å². The first kappa shape index (κ1) is 11.4. The topological polar surface area (TPSA) is 86.2 Å². The fourth-order valence-corrected chi connectivity index (χ4v) is 1.15. The molecule has 0 aliphatic rings. The Morgan fingerprint density at radius 2 is 1.50 bits per heavy atom. The average Bonchev–Trinajstić information content (AvgIpc) is 2.08. The summed E-state index contributed by atoms with van der Waals surface area (Å²) in [5, 5.41) is 9.02. The van der Waals surface area contributed by atoms with Crippen LogP contribution < -0.4 is 10.3 Å². The summed E-state index contributed by atoms with van der Waals surface area (Å²) in [5.74, 6) is 0. The van der Waals surface area contributed by atoms with Gasteiger partial charge in [-0.3, -0.25) is 5.14 Å². The van der Waals surface area contributed by atoms with Crippen LogP contribution in [-0.4, -0.2) is 8.42 Å². The molecule has 0 atom stereocenters. The number of rotatable bonds is 1. The molecule has 68 valence electrons. The molecule has 4 N–H and O–H groups in total. The normalized spacial score (nSPS) is 9.92. The molecule has 1 aromatic carbocycles. The van der Waals surface area contributed by atoms with Crippen molar-refractivity contribution in [3.8, 4) is 0 Å². The van der Waals surface area contributed by atoms with Crippen LogP contribution in [0.3, 0.4) is 0 Å². The first-order valence-electron chi connectivity index (χ1n) is 2.94.